The number of hydrogen-bond donors (Lipinski definition) is 2. The first-order valence-corrected chi connectivity index (χ1v) is 5.70. The number of aryl methyl sites for hydroxylation is 1. The molecule has 16 heavy (non-hydrogen) atoms. The molecule has 0 radical (unpaired) electrons. The lowest BCUT2D eigenvalue weighted by molar-refractivity contribution is -0.138. The van der Waals surface area contributed by atoms with Crippen molar-refractivity contribution in [2.45, 2.75) is 32.2 Å². The molecule has 1 rings (SSSR count). The van der Waals surface area contributed by atoms with Crippen LogP contribution in [0.1, 0.15) is 25.3 Å². The summed E-state index contributed by atoms with van der Waals surface area (Å²) in [5.41, 5.74) is 1.34. The van der Waals surface area contributed by atoms with Crippen molar-refractivity contribution in [3.63, 3.8) is 0 Å². The van der Waals surface area contributed by atoms with Gasteiger partial charge >= 0.3 is 5.97 Å². The van der Waals surface area contributed by atoms with E-state index in [1.165, 1.54) is 5.56 Å². The molecule has 0 aromatic heterocycles. The number of carbonyl (C=O) groups is 1. The van der Waals surface area contributed by atoms with Crippen LogP contribution in [0.3, 0.4) is 0 Å². The Bertz CT molecular complexity index is 311. The lowest BCUT2D eigenvalue weighted by atomic mass is 10.1. The summed E-state index contributed by atoms with van der Waals surface area (Å²) in [4.78, 5) is 10.5. The smallest absolute Gasteiger partial charge is 0.320 e. The Morgan fingerprint density at radius 2 is 2.00 bits per heavy atom. The SMILES string of the molecule is C[C@H](NCCCCc1ccccc1)C(=O)O. The Kier molecular flexibility index (Phi) is 5.57. The predicted molar refractivity (Wildman–Crippen MR) is 64.5 cm³/mol. The molecule has 0 aliphatic carbocycles. The monoisotopic (exact) mass is 221 g/mol. The highest BCUT2D eigenvalue weighted by atomic mass is 16.4. The van der Waals surface area contributed by atoms with Crippen LogP contribution < -0.4 is 5.32 Å². The molecule has 1 aromatic rings. The molecule has 3 nitrogen and oxygen atoms in total. The Morgan fingerprint density at radius 3 is 2.62 bits per heavy atom. The summed E-state index contributed by atoms with van der Waals surface area (Å²) in [6.45, 7) is 2.43. The summed E-state index contributed by atoms with van der Waals surface area (Å²) in [5, 5.41) is 11.6. The average molecular weight is 221 g/mol. The third kappa shape index (κ3) is 4.94. The maximum Gasteiger partial charge on any atom is 0.320 e. The highest BCUT2D eigenvalue weighted by molar-refractivity contribution is 5.72. The summed E-state index contributed by atoms with van der Waals surface area (Å²) in [6.07, 6.45) is 3.15. The minimum Gasteiger partial charge on any atom is -0.480 e. The molecule has 2 N–H and O–H groups in total. The van der Waals surface area contributed by atoms with E-state index in [1.54, 1.807) is 6.92 Å². The van der Waals surface area contributed by atoms with E-state index in [0.717, 1.165) is 25.8 Å². The molecule has 1 atom stereocenters. The minimum atomic E-state index is -0.789. The summed E-state index contributed by atoms with van der Waals surface area (Å²) in [7, 11) is 0. The van der Waals surface area contributed by atoms with Crippen molar-refractivity contribution in [1.29, 1.82) is 0 Å². The molecule has 0 saturated heterocycles. The summed E-state index contributed by atoms with van der Waals surface area (Å²) in [5.74, 6) is -0.789. The largest absolute Gasteiger partial charge is 0.480 e. The Balaban J connectivity index is 2.07. The van der Waals surface area contributed by atoms with Gasteiger partial charge in [-0.15, -0.1) is 0 Å². The van der Waals surface area contributed by atoms with Gasteiger partial charge in [0.15, 0.2) is 0 Å². The second-order valence-electron chi connectivity index (χ2n) is 3.96. The van der Waals surface area contributed by atoms with Crippen LogP contribution in [0, 0.1) is 0 Å². The summed E-state index contributed by atoms with van der Waals surface area (Å²) in [6, 6.07) is 9.89. The number of carboxylic acid groups (broad SMARTS) is 1. The molecule has 0 spiro atoms. The minimum absolute atomic E-state index is 0.447. The topological polar surface area (TPSA) is 49.3 Å². The standard InChI is InChI=1S/C13H19NO2/c1-11(13(15)16)14-10-6-5-9-12-7-3-2-4-8-12/h2-4,7-8,11,14H,5-6,9-10H2,1H3,(H,15,16)/t11-/m0/s1. The molecule has 0 fully saturated rings. The van der Waals surface area contributed by atoms with Crippen molar-refractivity contribution in [2.75, 3.05) is 6.54 Å². The quantitative estimate of drug-likeness (QED) is 0.693. The van der Waals surface area contributed by atoms with Gasteiger partial charge in [-0.3, -0.25) is 4.79 Å². The van der Waals surface area contributed by atoms with E-state index in [9.17, 15) is 4.79 Å². The second kappa shape index (κ2) is 7.01. The number of aliphatic carboxylic acids is 1. The number of nitrogens with one attached hydrogen (secondary N) is 1. The third-order valence-corrected chi connectivity index (χ3v) is 2.56. The first-order valence-electron chi connectivity index (χ1n) is 5.70. The number of hydrogen-bond acceptors (Lipinski definition) is 2. The fourth-order valence-electron chi connectivity index (χ4n) is 1.50. The molecule has 3 heteroatoms. The number of rotatable bonds is 7. The van der Waals surface area contributed by atoms with Gasteiger partial charge in [-0.25, -0.2) is 0 Å². The molecule has 1 aromatic carbocycles. The van der Waals surface area contributed by atoms with Crippen LogP contribution in [0.4, 0.5) is 0 Å². The van der Waals surface area contributed by atoms with Gasteiger partial charge in [0.2, 0.25) is 0 Å². The van der Waals surface area contributed by atoms with Crippen molar-refractivity contribution in [1.82, 2.24) is 5.32 Å². The van der Waals surface area contributed by atoms with Gasteiger partial charge in [0, 0.05) is 0 Å². The van der Waals surface area contributed by atoms with E-state index in [0.29, 0.717) is 0 Å². The van der Waals surface area contributed by atoms with Crippen molar-refractivity contribution in [2.24, 2.45) is 0 Å². The van der Waals surface area contributed by atoms with Crippen LogP contribution in [-0.4, -0.2) is 23.7 Å². The van der Waals surface area contributed by atoms with E-state index >= 15 is 0 Å². The van der Waals surface area contributed by atoms with Crippen LogP contribution in [0.2, 0.25) is 0 Å². The maximum atomic E-state index is 10.5. The van der Waals surface area contributed by atoms with Crippen molar-refractivity contribution in [3.8, 4) is 0 Å². The highest BCUT2D eigenvalue weighted by Gasteiger charge is 2.07. The molecule has 0 aliphatic rings. The van der Waals surface area contributed by atoms with Crippen LogP contribution in [0.5, 0.6) is 0 Å². The normalized spacial score (nSPS) is 12.3. The van der Waals surface area contributed by atoms with Crippen LogP contribution >= 0.6 is 0 Å². The molecule has 0 bridgehead atoms. The Labute approximate surface area is 96.5 Å². The molecular weight excluding hydrogens is 202 g/mol. The first-order chi connectivity index (χ1) is 7.70. The fourth-order valence-corrected chi connectivity index (χ4v) is 1.50. The van der Waals surface area contributed by atoms with Crippen molar-refractivity contribution >= 4 is 5.97 Å². The van der Waals surface area contributed by atoms with Gasteiger partial charge in [-0.1, -0.05) is 30.3 Å². The fraction of sp³-hybridized carbons (Fsp3) is 0.462. The van der Waals surface area contributed by atoms with Gasteiger partial charge in [-0.2, -0.15) is 0 Å². The van der Waals surface area contributed by atoms with Gasteiger partial charge in [-0.05, 0) is 38.3 Å². The number of carboxylic acids is 1. The van der Waals surface area contributed by atoms with Gasteiger partial charge in [0.05, 0.1) is 0 Å². The molecule has 88 valence electrons. The molecule has 0 aliphatic heterocycles. The van der Waals surface area contributed by atoms with Crippen LogP contribution in [-0.2, 0) is 11.2 Å². The van der Waals surface area contributed by atoms with Crippen molar-refractivity contribution in [3.05, 3.63) is 35.9 Å². The van der Waals surface area contributed by atoms with Gasteiger partial charge in [0.25, 0.3) is 0 Å². The highest BCUT2D eigenvalue weighted by Crippen LogP contribution is 2.03. The van der Waals surface area contributed by atoms with Crippen LogP contribution in [0.25, 0.3) is 0 Å². The Morgan fingerprint density at radius 1 is 1.31 bits per heavy atom. The average Bonchev–Trinajstić information content (AvgIpc) is 2.29. The van der Waals surface area contributed by atoms with Gasteiger partial charge < -0.3 is 10.4 Å². The number of benzene rings is 1. The van der Waals surface area contributed by atoms with E-state index in [-0.39, 0.29) is 0 Å². The zero-order chi connectivity index (χ0) is 11.8. The number of unbranched alkanes of at least 4 members (excludes halogenated alkanes) is 1. The van der Waals surface area contributed by atoms with Crippen LogP contribution in [0.15, 0.2) is 30.3 Å². The molecular formula is C13H19NO2. The predicted octanol–water partition coefficient (Wildman–Crippen LogP) is 2.07. The van der Waals surface area contributed by atoms with E-state index in [1.807, 2.05) is 18.2 Å². The summed E-state index contributed by atoms with van der Waals surface area (Å²) < 4.78 is 0. The Hall–Kier alpha value is -1.35. The molecule has 0 unspecified atom stereocenters. The van der Waals surface area contributed by atoms with E-state index in [2.05, 4.69) is 17.4 Å². The molecule has 0 heterocycles. The summed E-state index contributed by atoms with van der Waals surface area (Å²) >= 11 is 0. The zero-order valence-corrected chi connectivity index (χ0v) is 9.65. The molecule has 0 saturated carbocycles. The third-order valence-electron chi connectivity index (χ3n) is 2.56. The van der Waals surface area contributed by atoms with E-state index < -0.39 is 12.0 Å². The first kappa shape index (κ1) is 12.7. The lowest BCUT2D eigenvalue weighted by Crippen LogP contribution is -2.34. The van der Waals surface area contributed by atoms with Crippen molar-refractivity contribution < 1.29 is 9.90 Å². The zero-order valence-electron chi connectivity index (χ0n) is 9.65. The molecule has 0 amide bonds. The van der Waals surface area contributed by atoms with E-state index in [4.69, 9.17) is 5.11 Å². The van der Waals surface area contributed by atoms with Gasteiger partial charge in [0.1, 0.15) is 6.04 Å². The lowest BCUT2D eigenvalue weighted by Gasteiger charge is -2.08. The second-order valence-corrected chi connectivity index (χ2v) is 3.96. The maximum absolute atomic E-state index is 10.5.